The fraction of sp³-hybridized carbons (Fsp3) is 0.438. The Kier molecular flexibility index (Phi) is 6.19. The van der Waals surface area contributed by atoms with Gasteiger partial charge in [-0.25, -0.2) is 13.2 Å². The van der Waals surface area contributed by atoms with Crippen molar-refractivity contribution in [3.63, 3.8) is 0 Å². The first kappa shape index (κ1) is 19.7. The lowest BCUT2D eigenvalue weighted by Gasteiger charge is -2.23. The molecule has 1 aliphatic rings. The molecule has 1 fully saturated rings. The Labute approximate surface area is 151 Å². The van der Waals surface area contributed by atoms with Crippen LogP contribution in [0.4, 0.5) is 10.5 Å². The van der Waals surface area contributed by atoms with Gasteiger partial charge in [0.15, 0.2) is 6.61 Å². The molecule has 0 aromatic heterocycles. The highest BCUT2D eigenvalue weighted by atomic mass is 32.2. The zero-order chi connectivity index (χ0) is 19.3. The molecular weight excluding hydrogens is 362 g/mol. The summed E-state index contributed by atoms with van der Waals surface area (Å²) in [5.74, 6) is -1.70. The first-order valence-electron chi connectivity index (χ1n) is 7.96. The third-order valence-corrected chi connectivity index (χ3v) is 4.71. The topological polar surface area (TPSA) is 122 Å². The number of amides is 3. The summed E-state index contributed by atoms with van der Waals surface area (Å²) in [5, 5.41) is 4.59. The number of urea groups is 1. The summed E-state index contributed by atoms with van der Waals surface area (Å²) in [4.78, 5) is 34.9. The summed E-state index contributed by atoms with van der Waals surface area (Å²) in [5.41, 5.74) is 1.01. The van der Waals surface area contributed by atoms with Crippen LogP contribution >= 0.6 is 0 Å². The summed E-state index contributed by atoms with van der Waals surface area (Å²) in [7, 11) is -3.73. The molecule has 1 aliphatic carbocycles. The number of carbonyl (C=O) groups excluding carboxylic acids is 3. The minimum atomic E-state index is -3.73. The van der Waals surface area contributed by atoms with E-state index in [1.54, 1.807) is 31.2 Å². The molecule has 0 unspecified atom stereocenters. The van der Waals surface area contributed by atoms with Gasteiger partial charge in [0.2, 0.25) is 10.0 Å². The van der Waals surface area contributed by atoms with E-state index in [-0.39, 0.29) is 6.04 Å². The second kappa shape index (κ2) is 8.17. The summed E-state index contributed by atoms with van der Waals surface area (Å²) in [6, 6.07) is 6.12. The van der Waals surface area contributed by atoms with Gasteiger partial charge in [-0.05, 0) is 31.4 Å². The number of rotatable bonds is 7. The first-order valence-corrected chi connectivity index (χ1v) is 9.81. The van der Waals surface area contributed by atoms with E-state index >= 15 is 0 Å². The van der Waals surface area contributed by atoms with Gasteiger partial charge in [-0.3, -0.25) is 19.2 Å². The number of hydrogen-bond acceptors (Lipinski definition) is 6. The van der Waals surface area contributed by atoms with Crippen molar-refractivity contribution in [2.45, 2.75) is 25.8 Å². The lowest BCUT2D eigenvalue weighted by molar-refractivity contribution is -0.146. The fourth-order valence-electron chi connectivity index (χ4n) is 2.15. The predicted octanol–water partition coefficient (Wildman–Crippen LogP) is 0.292. The molecule has 9 nitrogen and oxygen atoms in total. The normalized spacial score (nSPS) is 13.6. The highest BCUT2D eigenvalue weighted by Gasteiger charge is 2.25. The molecule has 26 heavy (non-hydrogen) atoms. The predicted molar refractivity (Wildman–Crippen MR) is 94.0 cm³/mol. The number of sulfonamides is 1. The number of esters is 1. The molecule has 0 heterocycles. The fourth-order valence-corrected chi connectivity index (χ4v) is 3.05. The molecule has 1 aromatic carbocycles. The molecule has 0 bridgehead atoms. The van der Waals surface area contributed by atoms with Crippen molar-refractivity contribution in [2.75, 3.05) is 23.7 Å². The monoisotopic (exact) mass is 383 g/mol. The largest absolute Gasteiger partial charge is 0.454 e. The van der Waals surface area contributed by atoms with Gasteiger partial charge in [0.25, 0.3) is 5.91 Å². The molecule has 0 saturated heterocycles. The van der Waals surface area contributed by atoms with E-state index in [4.69, 9.17) is 4.74 Å². The molecule has 0 spiro atoms. The Morgan fingerprint density at radius 2 is 1.88 bits per heavy atom. The van der Waals surface area contributed by atoms with Crippen LogP contribution in [0.5, 0.6) is 0 Å². The van der Waals surface area contributed by atoms with Crippen LogP contribution < -0.4 is 14.9 Å². The number of nitrogens with one attached hydrogen (secondary N) is 2. The molecule has 0 aliphatic heterocycles. The van der Waals surface area contributed by atoms with Crippen molar-refractivity contribution in [3.8, 4) is 0 Å². The Morgan fingerprint density at radius 1 is 1.23 bits per heavy atom. The van der Waals surface area contributed by atoms with Crippen molar-refractivity contribution >= 4 is 33.6 Å². The molecule has 10 heteroatoms. The maximum Gasteiger partial charge on any atom is 0.327 e. The van der Waals surface area contributed by atoms with E-state index in [1.807, 2.05) is 5.32 Å². The van der Waals surface area contributed by atoms with Crippen molar-refractivity contribution < 1.29 is 27.5 Å². The van der Waals surface area contributed by atoms with E-state index in [0.717, 1.165) is 23.4 Å². The molecule has 0 atom stereocenters. The van der Waals surface area contributed by atoms with Crippen LogP contribution in [-0.4, -0.2) is 51.8 Å². The lowest BCUT2D eigenvalue weighted by atomic mass is 10.2. The van der Waals surface area contributed by atoms with Gasteiger partial charge >= 0.3 is 12.0 Å². The average Bonchev–Trinajstić information content (AvgIpc) is 3.34. The van der Waals surface area contributed by atoms with Crippen LogP contribution in [-0.2, 0) is 24.3 Å². The number of benzene rings is 1. The van der Waals surface area contributed by atoms with E-state index in [1.165, 1.54) is 0 Å². The zero-order valence-electron chi connectivity index (χ0n) is 14.5. The number of aryl methyl sites for hydroxylation is 1. The Morgan fingerprint density at radius 3 is 2.46 bits per heavy atom. The Hall–Kier alpha value is -2.62. The van der Waals surface area contributed by atoms with E-state index in [0.29, 0.717) is 11.3 Å². The summed E-state index contributed by atoms with van der Waals surface area (Å²) in [6.45, 7) is 0.457. The number of para-hydroxylation sites is 1. The highest BCUT2D eigenvalue weighted by molar-refractivity contribution is 7.92. The third kappa shape index (κ3) is 6.03. The van der Waals surface area contributed by atoms with Crippen molar-refractivity contribution in [2.24, 2.45) is 0 Å². The SMILES string of the molecule is Cc1ccccc1N(CC(=O)OCC(=O)NC(=O)NC1CC1)S(C)(=O)=O. The molecule has 3 amide bonds. The smallest absolute Gasteiger partial charge is 0.327 e. The summed E-state index contributed by atoms with van der Waals surface area (Å²) in [6.07, 6.45) is 2.72. The van der Waals surface area contributed by atoms with Gasteiger partial charge in [-0.2, -0.15) is 0 Å². The van der Waals surface area contributed by atoms with Gasteiger partial charge in [-0.15, -0.1) is 0 Å². The highest BCUT2D eigenvalue weighted by Crippen LogP contribution is 2.21. The molecule has 1 saturated carbocycles. The van der Waals surface area contributed by atoms with Crippen LogP contribution in [0.3, 0.4) is 0 Å². The van der Waals surface area contributed by atoms with Gasteiger partial charge in [0, 0.05) is 6.04 Å². The van der Waals surface area contributed by atoms with E-state index in [9.17, 15) is 22.8 Å². The van der Waals surface area contributed by atoms with Crippen molar-refractivity contribution in [3.05, 3.63) is 29.8 Å². The van der Waals surface area contributed by atoms with Crippen LogP contribution in [0, 0.1) is 6.92 Å². The van der Waals surface area contributed by atoms with Crippen molar-refractivity contribution in [1.82, 2.24) is 10.6 Å². The molecular formula is C16H21N3O6S. The second-order valence-corrected chi connectivity index (χ2v) is 7.92. The van der Waals surface area contributed by atoms with Crippen LogP contribution in [0.25, 0.3) is 0 Å². The minimum absolute atomic E-state index is 0.0859. The number of carbonyl (C=O) groups is 3. The Bertz CT molecular complexity index is 804. The van der Waals surface area contributed by atoms with Gasteiger partial charge in [0.1, 0.15) is 6.54 Å². The molecule has 142 valence electrons. The number of hydrogen-bond donors (Lipinski definition) is 2. The molecule has 1 aromatic rings. The number of imide groups is 1. The van der Waals surface area contributed by atoms with Gasteiger partial charge < -0.3 is 10.1 Å². The van der Waals surface area contributed by atoms with Gasteiger partial charge in [-0.1, -0.05) is 18.2 Å². The number of anilines is 1. The van der Waals surface area contributed by atoms with Crippen molar-refractivity contribution in [1.29, 1.82) is 0 Å². The minimum Gasteiger partial charge on any atom is -0.454 e. The van der Waals surface area contributed by atoms with Crippen LogP contribution in [0.15, 0.2) is 24.3 Å². The first-order chi connectivity index (χ1) is 12.2. The molecule has 2 rings (SSSR count). The zero-order valence-corrected chi connectivity index (χ0v) is 15.3. The summed E-state index contributed by atoms with van der Waals surface area (Å²) >= 11 is 0. The quantitative estimate of drug-likeness (QED) is 0.653. The lowest BCUT2D eigenvalue weighted by Crippen LogP contribution is -2.43. The summed E-state index contributed by atoms with van der Waals surface area (Å²) < 4.78 is 29.7. The maximum atomic E-state index is 12.0. The second-order valence-electron chi connectivity index (χ2n) is 6.01. The number of ether oxygens (including phenoxy) is 1. The number of nitrogens with zero attached hydrogens (tertiary/aromatic N) is 1. The van der Waals surface area contributed by atoms with Crippen LogP contribution in [0.1, 0.15) is 18.4 Å². The molecule has 0 radical (unpaired) electrons. The van der Waals surface area contributed by atoms with Gasteiger partial charge in [0.05, 0.1) is 11.9 Å². The van der Waals surface area contributed by atoms with Crippen LogP contribution in [0.2, 0.25) is 0 Å². The Balaban J connectivity index is 1.90. The third-order valence-electron chi connectivity index (χ3n) is 3.59. The average molecular weight is 383 g/mol. The standard InChI is InChI=1S/C16H21N3O6S/c1-11-5-3-4-6-13(11)19(26(2,23)24)9-15(21)25-10-14(20)18-16(22)17-12-7-8-12/h3-6,12H,7-10H2,1-2H3,(H2,17,18,20,22). The molecule has 2 N–H and O–H groups in total. The van der Waals surface area contributed by atoms with E-state index < -0.39 is 41.1 Å². The van der Waals surface area contributed by atoms with E-state index in [2.05, 4.69) is 5.32 Å². The maximum absolute atomic E-state index is 12.0.